The molecule has 0 atom stereocenters. The van der Waals surface area contributed by atoms with Gasteiger partial charge in [0.05, 0.1) is 22.4 Å². The van der Waals surface area contributed by atoms with Crippen LogP contribution in [-0.4, -0.2) is 17.8 Å². The summed E-state index contributed by atoms with van der Waals surface area (Å²) in [5.41, 5.74) is 3.65. The summed E-state index contributed by atoms with van der Waals surface area (Å²) in [5, 5.41) is 0. The highest BCUT2D eigenvalue weighted by atomic mass is 16.5. The van der Waals surface area contributed by atoms with E-state index < -0.39 is 5.97 Å². The Hall–Kier alpha value is -3.73. The van der Waals surface area contributed by atoms with Crippen molar-refractivity contribution in [3.8, 4) is 5.75 Å². The molecule has 0 unspecified atom stereocenters. The van der Waals surface area contributed by atoms with Crippen LogP contribution in [0, 0.1) is 13.8 Å². The average Bonchev–Trinajstić information content (AvgIpc) is 2.96. The van der Waals surface area contributed by atoms with Gasteiger partial charge in [0.15, 0.2) is 0 Å². The van der Waals surface area contributed by atoms with Crippen molar-refractivity contribution in [2.75, 3.05) is 4.90 Å². The zero-order valence-corrected chi connectivity index (χ0v) is 15.4. The van der Waals surface area contributed by atoms with Gasteiger partial charge in [-0.2, -0.15) is 0 Å². The SMILES string of the molecule is Cc1ccc(OC(=O)c2ccc(N3C(=O)c4ccccc4C3=O)cc2)cc1C. The summed E-state index contributed by atoms with van der Waals surface area (Å²) in [6.07, 6.45) is 0. The molecule has 4 rings (SSSR count). The summed E-state index contributed by atoms with van der Waals surface area (Å²) in [4.78, 5) is 38.6. The molecule has 0 N–H and O–H groups in total. The minimum absolute atomic E-state index is 0.332. The lowest BCUT2D eigenvalue weighted by atomic mass is 10.1. The van der Waals surface area contributed by atoms with Crippen LogP contribution in [0.3, 0.4) is 0 Å². The normalized spacial score (nSPS) is 12.9. The molecule has 5 nitrogen and oxygen atoms in total. The third kappa shape index (κ3) is 2.97. The predicted molar refractivity (Wildman–Crippen MR) is 105 cm³/mol. The molecular formula is C23H17NO4. The quantitative estimate of drug-likeness (QED) is 0.391. The van der Waals surface area contributed by atoms with Crippen LogP contribution in [0.5, 0.6) is 5.75 Å². The fourth-order valence-electron chi connectivity index (χ4n) is 3.11. The topological polar surface area (TPSA) is 63.7 Å². The van der Waals surface area contributed by atoms with Gasteiger partial charge in [0, 0.05) is 0 Å². The second kappa shape index (κ2) is 6.78. The fourth-order valence-corrected chi connectivity index (χ4v) is 3.11. The van der Waals surface area contributed by atoms with Crippen LogP contribution >= 0.6 is 0 Å². The molecule has 1 heterocycles. The first kappa shape index (κ1) is 17.7. The highest BCUT2D eigenvalue weighted by Gasteiger charge is 2.36. The number of anilines is 1. The van der Waals surface area contributed by atoms with Gasteiger partial charge in [0.2, 0.25) is 0 Å². The lowest BCUT2D eigenvalue weighted by molar-refractivity contribution is 0.0734. The van der Waals surface area contributed by atoms with Gasteiger partial charge in [-0.3, -0.25) is 9.59 Å². The van der Waals surface area contributed by atoms with Crippen LogP contribution < -0.4 is 9.64 Å². The van der Waals surface area contributed by atoms with E-state index in [1.165, 1.54) is 0 Å². The fraction of sp³-hybridized carbons (Fsp3) is 0.0870. The van der Waals surface area contributed by atoms with Crippen molar-refractivity contribution >= 4 is 23.5 Å². The molecule has 2 amide bonds. The van der Waals surface area contributed by atoms with E-state index in [0.717, 1.165) is 16.0 Å². The van der Waals surface area contributed by atoms with Gasteiger partial charge in [0.25, 0.3) is 11.8 Å². The lowest BCUT2D eigenvalue weighted by Gasteiger charge is -2.14. The Labute approximate surface area is 162 Å². The van der Waals surface area contributed by atoms with E-state index in [9.17, 15) is 14.4 Å². The van der Waals surface area contributed by atoms with E-state index in [4.69, 9.17) is 4.74 Å². The average molecular weight is 371 g/mol. The van der Waals surface area contributed by atoms with Crippen molar-refractivity contribution in [2.24, 2.45) is 0 Å². The number of benzene rings is 3. The van der Waals surface area contributed by atoms with Crippen LogP contribution in [0.2, 0.25) is 0 Å². The second-order valence-corrected chi connectivity index (χ2v) is 6.67. The molecule has 0 radical (unpaired) electrons. The van der Waals surface area contributed by atoms with Gasteiger partial charge in [-0.15, -0.1) is 0 Å². The number of rotatable bonds is 3. The van der Waals surface area contributed by atoms with E-state index >= 15 is 0 Å². The summed E-state index contributed by atoms with van der Waals surface area (Å²) >= 11 is 0. The Bertz CT molecular complexity index is 1080. The van der Waals surface area contributed by atoms with Crippen LogP contribution in [0.4, 0.5) is 5.69 Å². The van der Waals surface area contributed by atoms with Gasteiger partial charge < -0.3 is 4.74 Å². The Morgan fingerprint density at radius 3 is 1.96 bits per heavy atom. The second-order valence-electron chi connectivity index (χ2n) is 6.67. The molecule has 0 aliphatic carbocycles. The number of hydrogen-bond acceptors (Lipinski definition) is 4. The number of imide groups is 1. The maximum atomic E-state index is 12.5. The molecule has 3 aromatic rings. The number of carbonyl (C=O) groups is 3. The molecule has 0 saturated heterocycles. The monoisotopic (exact) mass is 371 g/mol. The van der Waals surface area contributed by atoms with Crippen molar-refractivity contribution < 1.29 is 19.1 Å². The third-order valence-electron chi connectivity index (χ3n) is 4.84. The van der Waals surface area contributed by atoms with Gasteiger partial charge in [-0.1, -0.05) is 18.2 Å². The number of amides is 2. The molecule has 28 heavy (non-hydrogen) atoms. The number of fused-ring (bicyclic) bond motifs is 1. The maximum Gasteiger partial charge on any atom is 0.343 e. The first-order valence-corrected chi connectivity index (χ1v) is 8.83. The van der Waals surface area contributed by atoms with Crippen molar-refractivity contribution in [3.63, 3.8) is 0 Å². The van der Waals surface area contributed by atoms with Crippen molar-refractivity contribution in [3.05, 3.63) is 94.5 Å². The highest BCUT2D eigenvalue weighted by Crippen LogP contribution is 2.28. The summed E-state index contributed by atoms with van der Waals surface area (Å²) < 4.78 is 5.41. The number of carbonyl (C=O) groups excluding carboxylic acids is 3. The Morgan fingerprint density at radius 1 is 0.786 bits per heavy atom. The summed E-state index contributed by atoms with van der Waals surface area (Å²) in [5.74, 6) is -0.771. The van der Waals surface area contributed by atoms with E-state index in [1.807, 2.05) is 19.9 Å². The first-order valence-electron chi connectivity index (χ1n) is 8.83. The number of hydrogen-bond donors (Lipinski definition) is 0. The molecule has 0 bridgehead atoms. The minimum atomic E-state index is -0.503. The molecule has 0 spiro atoms. The molecule has 0 aromatic heterocycles. The number of ether oxygens (including phenoxy) is 1. The molecule has 3 aromatic carbocycles. The smallest absolute Gasteiger partial charge is 0.343 e. The molecular weight excluding hydrogens is 354 g/mol. The van der Waals surface area contributed by atoms with E-state index in [2.05, 4.69) is 0 Å². The van der Waals surface area contributed by atoms with Crippen LogP contribution in [-0.2, 0) is 0 Å². The summed E-state index contributed by atoms with van der Waals surface area (Å²) in [7, 11) is 0. The predicted octanol–water partition coefficient (Wildman–Crippen LogP) is 4.32. The molecule has 138 valence electrons. The van der Waals surface area contributed by atoms with Crippen LogP contribution in [0.25, 0.3) is 0 Å². The van der Waals surface area contributed by atoms with Gasteiger partial charge >= 0.3 is 5.97 Å². The Morgan fingerprint density at radius 2 is 1.39 bits per heavy atom. The van der Waals surface area contributed by atoms with Gasteiger partial charge in [-0.05, 0) is 73.5 Å². The minimum Gasteiger partial charge on any atom is -0.423 e. The molecule has 1 aliphatic rings. The Balaban J connectivity index is 1.54. The van der Waals surface area contributed by atoms with Crippen LogP contribution in [0.15, 0.2) is 66.7 Å². The molecule has 5 heteroatoms. The largest absolute Gasteiger partial charge is 0.423 e. The van der Waals surface area contributed by atoms with E-state index in [1.54, 1.807) is 60.7 Å². The van der Waals surface area contributed by atoms with E-state index in [-0.39, 0.29) is 11.8 Å². The third-order valence-corrected chi connectivity index (χ3v) is 4.84. The first-order chi connectivity index (χ1) is 13.5. The molecule has 0 saturated carbocycles. The zero-order chi connectivity index (χ0) is 19.8. The van der Waals surface area contributed by atoms with Crippen molar-refractivity contribution in [2.45, 2.75) is 13.8 Å². The Kier molecular flexibility index (Phi) is 4.28. The lowest BCUT2D eigenvalue weighted by Crippen LogP contribution is -2.29. The molecule has 0 fully saturated rings. The summed E-state index contributed by atoms with van der Waals surface area (Å²) in [6.45, 7) is 3.93. The standard InChI is InChI=1S/C23H17NO4/c1-14-7-12-18(13-15(14)2)28-23(27)16-8-10-17(11-9-16)24-21(25)19-5-3-4-6-20(19)22(24)26/h3-13H,1-2H3. The van der Waals surface area contributed by atoms with Gasteiger partial charge in [-0.25, -0.2) is 9.69 Å². The van der Waals surface area contributed by atoms with Crippen molar-refractivity contribution in [1.82, 2.24) is 0 Å². The molecule has 1 aliphatic heterocycles. The number of nitrogens with zero attached hydrogens (tertiary/aromatic N) is 1. The number of esters is 1. The maximum absolute atomic E-state index is 12.5. The van der Waals surface area contributed by atoms with E-state index in [0.29, 0.717) is 28.1 Å². The van der Waals surface area contributed by atoms with Crippen molar-refractivity contribution in [1.29, 1.82) is 0 Å². The summed E-state index contributed by atoms with van der Waals surface area (Å²) in [6, 6.07) is 18.4. The number of aryl methyl sites for hydroxylation is 2. The highest BCUT2D eigenvalue weighted by molar-refractivity contribution is 6.34. The zero-order valence-electron chi connectivity index (χ0n) is 15.4. The van der Waals surface area contributed by atoms with Crippen LogP contribution in [0.1, 0.15) is 42.2 Å². The van der Waals surface area contributed by atoms with Gasteiger partial charge in [0.1, 0.15) is 5.75 Å².